The Labute approximate surface area is 109 Å². The van der Waals surface area contributed by atoms with Gasteiger partial charge in [0.05, 0.1) is 17.0 Å². The van der Waals surface area contributed by atoms with Crippen LogP contribution in [0.3, 0.4) is 0 Å². The highest BCUT2D eigenvalue weighted by Gasteiger charge is 2.59. The van der Waals surface area contributed by atoms with Gasteiger partial charge in [-0.2, -0.15) is 0 Å². The summed E-state index contributed by atoms with van der Waals surface area (Å²) in [5.41, 5.74) is -0.587. The topological polar surface area (TPSA) is 9.23 Å². The summed E-state index contributed by atoms with van der Waals surface area (Å²) in [6.45, 7) is 2.39. The highest BCUT2D eigenvalue weighted by Crippen LogP contribution is 2.56. The first-order valence-electron chi connectivity index (χ1n) is 5.71. The van der Waals surface area contributed by atoms with E-state index >= 15 is 0 Å². The molecule has 0 radical (unpaired) electrons. The smallest absolute Gasteiger partial charge is 0.254 e. The Kier molecular flexibility index (Phi) is 3.26. The summed E-state index contributed by atoms with van der Waals surface area (Å²) < 4.78 is 45.2. The van der Waals surface area contributed by atoms with E-state index in [0.717, 1.165) is 13.0 Å². The minimum atomic E-state index is -2.79. The third-order valence-electron chi connectivity index (χ3n) is 3.47. The molecule has 0 atom stereocenters. The normalized spacial score (nSPS) is 17.7. The largest absolute Gasteiger partial charge is 0.491 e. The van der Waals surface area contributed by atoms with E-state index in [1.54, 1.807) is 6.92 Å². The van der Waals surface area contributed by atoms with Crippen molar-refractivity contribution in [3.8, 4) is 5.75 Å². The molecule has 1 aliphatic carbocycles. The highest BCUT2D eigenvalue weighted by atomic mass is 35.5. The lowest BCUT2D eigenvalue weighted by Gasteiger charge is -2.23. The average molecular weight is 279 g/mol. The molecule has 0 N–H and O–H groups in total. The molecule has 1 aliphatic rings. The van der Waals surface area contributed by atoms with Gasteiger partial charge in [-0.15, -0.1) is 0 Å². The number of rotatable bonds is 4. The third-order valence-corrected chi connectivity index (χ3v) is 3.96. The molecule has 0 amide bonds. The molecule has 0 unspecified atom stereocenters. The van der Waals surface area contributed by atoms with E-state index in [-0.39, 0.29) is 17.4 Å². The van der Waals surface area contributed by atoms with Crippen LogP contribution in [0.4, 0.5) is 13.2 Å². The van der Waals surface area contributed by atoms with Gasteiger partial charge in [-0.1, -0.05) is 11.6 Å². The van der Waals surface area contributed by atoms with Crippen molar-refractivity contribution in [1.82, 2.24) is 0 Å². The maximum Gasteiger partial charge on any atom is 0.254 e. The second kappa shape index (κ2) is 4.34. The molecule has 1 saturated carbocycles. The molecule has 1 aromatic carbocycles. The molecular formula is C13H14ClF3O. The van der Waals surface area contributed by atoms with Crippen LogP contribution in [-0.4, -0.2) is 12.5 Å². The van der Waals surface area contributed by atoms with Gasteiger partial charge >= 0.3 is 0 Å². The van der Waals surface area contributed by atoms with Crippen LogP contribution < -0.4 is 4.74 Å². The minimum Gasteiger partial charge on any atom is -0.491 e. The van der Waals surface area contributed by atoms with Crippen molar-refractivity contribution in [3.05, 3.63) is 28.5 Å². The van der Waals surface area contributed by atoms with E-state index < -0.39 is 17.2 Å². The van der Waals surface area contributed by atoms with Gasteiger partial charge in [-0.3, -0.25) is 0 Å². The van der Waals surface area contributed by atoms with Crippen molar-refractivity contribution >= 4 is 11.6 Å². The number of ether oxygens (including phenoxy) is 1. The van der Waals surface area contributed by atoms with Gasteiger partial charge in [0.2, 0.25) is 0 Å². The van der Waals surface area contributed by atoms with Crippen LogP contribution in [0, 0.1) is 18.2 Å². The first kappa shape index (κ1) is 13.5. The fraction of sp³-hybridized carbons (Fsp3) is 0.538. The number of hydrogen-bond acceptors (Lipinski definition) is 1. The van der Waals surface area contributed by atoms with Gasteiger partial charge in [-0.05, 0) is 31.4 Å². The molecule has 100 valence electrons. The van der Waals surface area contributed by atoms with E-state index in [0.29, 0.717) is 18.4 Å². The first-order valence-corrected chi connectivity index (χ1v) is 6.09. The summed E-state index contributed by atoms with van der Waals surface area (Å²) in [6.07, 6.45) is 0.838. The fourth-order valence-corrected chi connectivity index (χ4v) is 2.04. The van der Waals surface area contributed by atoms with E-state index in [4.69, 9.17) is 16.3 Å². The summed E-state index contributed by atoms with van der Waals surface area (Å²) in [4.78, 5) is 0. The predicted molar refractivity (Wildman–Crippen MR) is 63.9 cm³/mol. The van der Waals surface area contributed by atoms with Crippen molar-refractivity contribution in [1.29, 1.82) is 0 Å². The molecule has 0 aromatic heterocycles. The van der Waals surface area contributed by atoms with Crippen LogP contribution in [0.2, 0.25) is 5.02 Å². The van der Waals surface area contributed by atoms with Crippen molar-refractivity contribution in [3.63, 3.8) is 0 Å². The van der Waals surface area contributed by atoms with E-state index in [2.05, 4.69) is 0 Å². The van der Waals surface area contributed by atoms with Gasteiger partial charge in [0, 0.05) is 13.0 Å². The molecule has 5 heteroatoms. The Hall–Kier alpha value is -0.900. The van der Waals surface area contributed by atoms with Gasteiger partial charge in [-0.25, -0.2) is 13.2 Å². The van der Waals surface area contributed by atoms with Crippen LogP contribution in [0.15, 0.2) is 12.1 Å². The molecule has 2 rings (SSSR count). The Morgan fingerprint density at radius 2 is 2.00 bits per heavy atom. The number of hydrogen-bond donors (Lipinski definition) is 0. The molecule has 0 bridgehead atoms. The Balaban J connectivity index is 2.12. The molecule has 18 heavy (non-hydrogen) atoms. The van der Waals surface area contributed by atoms with Crippen LogP contribution in [0.5, 0.6) is 5.75 Å². The lowest BCUT2D eigenvalue weighted by Crippen LogP contribution is -2.31. The van der Waals surface area contributed by atoms with Gasteiger partial charge < -0.3 is 4.74 Å². The summed E-state index contributed by atoms with van der Waals surface area (Å²) >= 11 is 5.95. The molecule has 0 aliphatic heterocycles. The zero-order valence-electron chi connectivity index (χ0n) is 10.2. The molecule has 0 heterocycles. The van der Waals surface area contributed by atoms with Crippen LogP contribution in [-0.2, 0) is 0 Å². The summed E-state index contributed by atoms with van der Waals surface area (Å²) in [6, 6.07) is 2.40. The lowest BCUT2D eigenvalue weighted by molar-refractivity contribution is -0.0707. The highest BCUT2D eigenvalue weighted by molar-refractivity contribution is 6.32. The molecule has 0 saturated heterocycles. The number of halogens is 4. The second-order valence-electron chi connectivity index (χ2n) is 4.99. The number of aryl methyl sites for hydroxylation is 1. The van der Waals surface area contributed by atoms with Gasteiger partial charge in [0.1, 0.15) is 11.6 Å². The van der Waals surface area contributed by atoms with Crippen molar-refractivity contribution in [2.24, 2.45) is 5.41 Å². The van der Waals surface area contributed by atoms with E-state index in [9.17, 15) is 13.2 Å². The van der Waals surface area contributed by atoms with Crippen molar-refractivity contribution < 1.29 is 17.9 Å². The van der Waals surface area contributed by atoms with Gasteiger partial charge in [0.25, 0.3) is 5.92 Å². The fourth-order valence-electron chi connectivity index (χ4n) is 1.88. The summed E-state index contributed by atoms with van der Waals surface area (Å²) in [7, 11) is 0. The SMILES string of the molecule is Cc1cc(F)cc(OCC2(C(C)(F)F)CC2)c1Cl. The lowest BCUT2D eigenvalue weighted by atomic mass is 10.0. The van der Waals surface area contributed by atoms with Crippen LogP contribution >= 0.6 is 11.6 Å². The predicted octanol–water partition coefficient (Wildman–Crippen LogP) is 4.60. The quantitative estimate of drug-likeness (QED) is 0.782. The second-order valence-corrected chi connectivity index (χ2v) is 5.37. The number of alkyl halides is 2. The average Bonchev–Trinajstić information content (AvgIpc) is 3.01. The van der Waals surface area contributed by atoms with E-state index in [1.807, 2.05) is 0 Å². The van der Waals surface area contributed by atoms with Crippen molar-refractivity contribution in [2.45, 2.75) is 32.6 Å². The Morgan fingerprint density at radius 3 is 2.50 bits per heavy atom. The molecule has 0 spiro atoms. The Morgan fingerprint density at radius 1 is 1.39 bits per heavy atom. The summed E-state index contributed by atoms with van der Waals surface area (Å²) in [5, 5.41) is 0.270. The maximum atomic E-state index is 13.3. The van der Waals surface area contributed by atoms with Crippen LogP contribution in [0.1, 0.15) is 25.3 Å². The van der Waals surface area contributed by atoms with E-state index in [1.165, 1.54) is 6.07 Å². The summed E-state index contributed by atoms with van der Waals surface area (Å²) in [5.74, 6) is -3.15. The van der Waals surface area contributed by atoms with Crippen LogP contribution in [0.25, 0.3) is 0 Å². The third kappa shape index (κ3) is 2.44. The monoisotopic (exact) mass is 278 g/mol. The molecule has 1 aromatic rings. The standard InChI is InChI=1S/C13H14ClF3O/c1-8-5-9(15)6-10(11(8)14)18-7-13(3-4-13)12(2,16)17/h5-6H,3-4,7H2,1-2H3. The zero-order chi connectivity index (χ0) is 13.6. The maximum absolute atomic E-state index is 13.3. The minimum absolute atomic E-state index is 0.129. The zero-order valence-corrected chi connectivity index (χ0v) is 11.0. The molecule has 1 nitrogen and oxygen atoms in total. The Bertz CT molecular complexity index is 464. The molecular weight excluding hydrogens is 265 g/mol. The molecule has 1 fully saturated rings. The van der Waals surface area contributed by atoms with Gasteiger partial charge in [0.15, 0.2) is 0 Å². The first-order chi connectivity index (χ1) is 8.25. The number of benzene rings is 1. The van der Waals surface area contributed by atoms with Crippen molar-refractivity contribution in [2.75, 3.05) is 6.61 Å².